The van der Waals surface area contributed by atoms with Crippen LogP contribution in [0.1, 0.15) is 25.0 Å². The SMILES string of the molecule is CC1=NN(c2cc(-c3ccccc3)cc(-c3ccsc3)c2)C(=O)C1C(=O)Cc1cccc(C(C)(F)F)c1. The predicted molar refractivity (Wildman–Crippen MR) is 144 cm³/mol. The average molecular weight is 515 g/mol. The van der Waals surface area contributed by atoms with E-state index < -0.39 is 17.7 Å². The summed E-state index contributed by atoms with van der Waals surface area (Å²) in [4.78, 5) is 26.7. The lowest BCUT2D eigenvalue weighted by Crippen LogP contribution is -2.33. The van der Waals surface area contributed by atoms with Crippen LogP contribution >= 0.6 is 11.3 Å². The van der Waals surface area contributed by atoms with E-state index in [4.69, 9.17) is 0 Å². The Morgan fingerprint density at radius 2 is 1.68 bits per heavy atom. The second-order valence-electron chi connectivity index (χ2n) is 9.20. The summed E-state index contributed by atoms with van der Waals surface area (Å²) in [5.41, 5.74) is 5.10. The van der Waals surface area contributed by atoms with Crippen molar-refractivity contribution in [3.8, 4) is 22.3 Å². The molecule has 4 aromatic rings. The van der Waals surface area contributed by atoms with Crippen molar-refractivity contribution in [2.75, 3.05) is 5.01 Å². The van der Waals surface area contributed by atoms with Crippen LogP contribution in [0.3, 0.4) is 0 Å². The first-order valence-corrected chi connectivity index (χ1v) is 12.8. The van der Waals surface area contributed by atoms with Crippen LogP contribution in [0.5, 0.6) is 0 Å². The number of carbonyl (C=O) groups excluding carboxylic acids is 2. The highest BCUT2D eigenvalue weighted by Crippen LogP contribution is 2.35. The van der Waals surface area contributed by atoms with Crippen LogP contribution < -0.4 is 5.01 Å². The zero-order valence-corrected chi connectivity index (χ0v) is 21.1. The summed E-state index contributed by atoms with van der Waals surface area (Å²) < 4.78 is 27.5. The molecule has 1 amide bonds. The summed E-state index contributed by atoms with van der Waals surface area (Å²) in [5, 5.41) is 9.78. The number of alkyl halides is 2. The molecule has 0 saturated heterocycles. The largest absolute Gasteiger partial charge is 0.298 e. The molecular formula is C30H24F2N2O2S. The number of hydrogen-bond donors (Lipinski definition) is 0. The highest BCUT2D eigenvalue weighted by molar-refractivity contribution is 7.08. The van der Waals surface area contributed by atoms with Gasteiger partial charge in [-0.05, 0) is 75.8 Å². The van der Waals surface area contributed by atoms with Gasteiger partial charge in [-0.2, -0.15) is 21.4 Å². The molecule has 4 nitrogen and oxygen atoms in total. The van der Waals surface area contributed by atoms with Crippen molar-refractivity contribution in [1.82, 2.24) is 0 Å². The first-order valence-electron chi connectivity index (χ1n) is 11.8. The molecule has 0 N–H and O–H groups in total. The maximum absolute atomic E-state index is 13.8. The molecule has 0 fully saturated rings. The van der Waals surface area contributed by atoms with E-state index >= 15 is 0 Å². The van der Waals surface area contributed by atoms with Crippen LogP contribution in [0.4, 0.5) is 14.5 Å². The monoisotopic (exact) mass is 514 g/mol. The molecule has 0 aliphatic carbocycles. The van der Waals surface area contributed by atoms with Crippen LogP contribution in [0.25, 0.3) is 22.3 Å². The van der Waals surface area contributed by atoms with Gasteiger partial charge in [-0.15, -0.1) is 0 Å². The van der Waals surface area contributed by atoms with Crippen LogP contribution in [0.15, 0.2) is 94.7 Å². The molecule has 0 spiro atoms. The van der Waals surface area contributed by atoms with E-state index in [1.165, 1.54) is 23.2 Å². The lowest BCUT2D eigenvalue weighted by atomic mass is 9.93. The molecule has 5 rings (SSSR count). The first-order chi connectivity index (χ1) is 17.7. The van der Waals surface area contributed by atoms with Crippen molar-refractivity contribution in [1.29, 1.82) is 0 Å². The zero-order chi connectivity index (χ0) is 26.2. The average Bonchev–Trinajstić information content (AvgIpc) is 3.52. The fourth-order valence-electron chi connectivity index (χ4n) is 4.51. The molecule has 0 saturated carbocycles. The van der Waals surface area contributed by atoms with Crippen molar-refractivity contribution in [2.24, 2.45) is 11.0 Å². The summed E-state index contributed by atoms with van der Waals surface area (Å²) in [6.45, 7) is 2.47. The normalized spacial score (nSPS) is 15.7. The number of halogens is 2. The predicted octanol–water partition coefficient (Wildman–Crippen LogP) is 7.34. The zero-order valence-electron chi connectivity index (χ0n) is 20.3. The van der Waals surface area contributed by atoms with Crippen molar-refractivity contribution >= 4 is 34.4 Å². The van der Waals surface area contributed by atoms with Gasteiger partial charge in [0.1, 0.15) is 5.92 Å². The van der Waals surface area contributed by atoms with Gasteiger partial charge in [0.25, 0.3) is 11.8 Å². The Morgan fingerprint density at radius 1 is 0.946 bits per heavy atom. The number of benzene rings is 3. The van der Waals surface area contributed by atoms with E-state index in [2.05, 4.69) is 11.2 Å². The van der Waals surface area contributed by atoms with Gasteiger partial charge in [0.15, 0.2) is 5.78 Å². The summed E-state index contributed by atoms with van der Waals surface area (Å²) in [6.07, 6.45) is -0.134. The summed E-state index contributed by atoms with van der Waals surface area (Å²) in [5.74, 6) is -4.89. The van der Waals surface area contributed by atoms with Gasteiger partial charge in [-0.3, -0.25) is 9.59 Å². The minimum absolute atomic E-state index is 0.134. The van der Waals surface area contributed by atoms with Gasteiger partial charge >= 0.3 is 0 Å². The van der Waals surface area contributed by atoms with Gasteiger partial charge in [-0.1, -0.05) is 48.5 Å². The first kappa shape index (κ1) is 24.7. The highest BCUT2D eigenvalue weighted by atomic mass is 32.1. The lowest BCUT2D eigenvalue weighted by molar-refractivity contribution is -0.128. The molecule has 1 aromatic heterocycles. The second kappa shape index (κ2) is 9.82. The molecule has 1 unspecified atom stereocenters. The quantitative estimate of drug-likeness (QED) is 0.242. The molecule has 1 atom stereocenters. The number of Topliss-reactive ketones (excluding diaryl/α,β-unsaturated/α-hetero) is 1. The van der Waals surface area contributed by atoms with E-state index in [-0.39, 0.29) is 17.8 Å². The molecule has 0 radical (unpaired) electrons. The molecular weight excluding hydrogens is 490 g/mol. The molecule has 0 bridgehead atoms. The third-order valence-electron chi connectivity index (χ3n) is 6.39. The molecule has 186 valence electrons. The Kier molecular flexibility index (Phi) is 6.56. The van der Waals surface area contributed by atoms with E-state index in [0.717, 1.165) is 29.2 Å². The number of hydrogen-bond acceptors (Lipinski definition) is 4. The van der Waals surface area contributed by atoms with Crippen molar-refractivity contribution in [3.05, 3.63) is 101 Å². The molecule has 7 heteroatoms. The van der Waals surface area contributed by atoms with E-state index in [9.17, 15) is 18.4 Å². The standard InChI is InChI=1S/C30H24F2N2O2S/c1-19-28(27(35)14-20-7-6-10-25(13-20)30(2,31)32)29(36)34(33-19)26-16-23(21-8-4-3-5-9-21)15-24(17-26)22-11-12-37-18-22/h3-13,15-18,28H,14H2,1-2H3. The molecule has 1 aliphatic rings. The highest BCUT2D eigenvalue weighted by Gasteiger charge is 2.39. The lowest BCUT2D eigenvalue weighted by Gasteiger charge is -2.17. The Hall–Kier alpha value is -3.97. The maximum atomic E-state index is 13.8. The van der Waals surface area contributed by atoms with E-state index in [1.807, 2.05) is 59.3 Å². The summed E-state index contributed by atoms with van der Waals surface area (Å²) in [6, 6.07) is 23.5. The molecule has 3 aromatic carbocycles. The summed E-state index contributed by atoms with van der Waals surface area (Å²) in [7, 11) is 0. The Bertz CT molecular complexity index is 1490. The van der Waals surface area contributed by atoms with Gasteiger partial charge < -0.3 is 0 Å². The van der Waals surface area contributed by atoms with Gasteiger partial charge in [0, 0.05) is 18.9 Å². The Morgan fingerprint density at radius 3 is 2.35 bits per heavy atom. The fourth-order valence-corrected chi connectivity index (χ4v) is 5.17. The topological polar surface area (TPSA) is 49.7 Å². The van der Waals surface area contributed by atoms with E-state index in [0.29, 0.717) is 17.0 Å². The van der Waals surface area contributed by atoms with Gasteiger partial charge in [0.2, 0.25) is 0 Å². The number of nitrogens with zero attached hydrogens (tertiary/aromatic N) is 2. The van der Waals surface area contributed by atoms with Crippen molar-refractivity contribution < 1.29 is 18.4 Å². The number of amides is 1. The molecule has 2 heterocycles. The van der Waals surface area contributed by atoms with Crippen LogP contribution in [0, 0.1) is 5.92 Å². The minimum Gasteiger partial charge on any atom is -0.298 e. The number of carbonyl (C=O) groups is 2. The molecule has 1 aliphatic heterocycles. The fraction of sp³-hybridized carbons (Fsp3) is 0.167. The number of rotatable bonds is 7. The molecule has 37 heavy (non-hydrogen) atoms. The maximum Gasteiger partial charge on any atom is 0.270 e. The van der Waals surface area contributed by atoms with Gasteiger partial charge in [-0.25, -0.2) is 8.78 Å². The third-order valence-corrected chi connectivity index (χ3v) is 7.07. The summed E-state index contributed by atoms with van der Waals surface area (Å²) >= 11 is 1.58. The van der Waals surface area contributed by atoms with Crippen LogP contribution in [0.2, 0.25) is 0 Å². The number of anilines is 1. The smallest absolute Gasteiger partial charge is 0.270 e. The number of hydrazone groups is 1. The number of ketones is 1. The third kappa shape index (κ3) is 5.13. The number of thiophene rings is 1. The van der Waals surface area contributed by atoms with Crippen molar-refractivity contribution in [2.45, 2.75) is 26.2 Å². The van der Waals surface area contributed by atoms with Gasteiger partial charge in [0.05, 0.1) is 11.4 Å². The Labute approximate surface area is 217 Å². The van der Waals surface area contributed by atoms with Crippen LogP contribution in [-0.4, -0.2) is 17.4 Å². The minimum atomic E-state index is -3.01. The van der Waals surface area contributed by atoms with Crippen LogP contribution in [-0.2, 0) is 21.9 Å². The van der Waals surface area contributed by atoms with E-state index in [1.54, 1.807) is 24.3 Å². The second-order valence-corrected chi connectivity index (χ2v) is 9.98. The Balaban J connectivity index is 1.46. The van der Waals surface area contributed by atoms with Crippen molar-refractivity contribution in [3.63, 3.8) is 0 Å².